The second kappa shape index (κ2) is 11.0. The van der Waals surface area contributed by atoms with Gasteiger partial charge in [-0.3, -0.25) is 9.59 Å². The lowest BCUT2D eigenvalue weighted by atomic mass is 9.98. The third-order valence-corrected chi connectivity index (χ3v) is 6.34. The summed E-state index contributed by atoms with van der Waals surface area (Å²) >= 11 is 0. The number of ether oxygens (including phenoxy) is 1. The fraction of sp³-hybridized carbons (Fsp3) is 0.276. The van der Waals surface area contributed by atoms with Gasteiger partial charge in [0.25, 0.3) is 0 Å². The van der Waals surface area contributed by atoms with E-state index < -0.39 is 0 Å². The topological polar surface area (TPSA) is 71.0 Å². The molecule has 0 radical (unpaired) electrons. The zero-order valence-electron chi connectivity index (χ0n) is 20.5. The maximum Gasteiger partial charge on any atom is 0.243 e. The summed E-state index contributed by atoms with van der Waals surface area (Å²) in [5.74, 6) is 0.412. The van der Waals surface area contributed by atoms with Gasteiger partial charge in [-0.15, -0.1) is 0 Å². The molecule has 1 aliphatic heterocycles. The van der Waals surface area contributed by atoms with Crippen LogP contribution in [-0.2, 0) is 16.0 Å². The van der Waals surface area contributed by atoms with Gasteiger partial charge in [0, 0.05) is 24.9 Å². The molecule has 180 valence electrons. The quantitative estimate of drug-likeness (QED) is 0.463. The van der Waals surface area contributed by atoms with Crippen LogP contribution in [0, 0.1) is 6.92 Å². The minimum atomic E-state index is -0.227. The van der Waals surface area contributed by atoms with Gasteiger partial charge in [-0.05, 0) is 47.7 Å². The lowest BCUT2D eigenvalue weighted by Crippen LogP contribution is -2.28. The average Bonchev–Trinajstić information content (AvgIpc) is 3.35. The number of rotatable bonds is 8. The molecule has 0 saturated heterocycles. The number of carbonyl (C=O) groups is 2. The van der Waals surface area contributed by atoms with E-state index in [1.165, 1.54) is 0 Å². The first-order chi connectivity index (χ1) is 17.0. The first-order valence-corrected chi connectivity index (χ1v) is 12.0. The maximum atomic E-state index is 13.3. The van der Waals surface area contributed by atoms with Crippen molar-refractivity contribution in [2.45, 2.75) is 45.6 Å². The molecule has 6 heteroatoms. The number of hydrazone groups is 1. The molecule has 3 aromatic rings. The Labute approximate surface area is 206 Å². The highest BCUT2D eigenvalue weighted by Gasteiger charge is 2.33. The molecular weight excluding hydrogens is 438 g/mol. The lowest BCUT2D eigenvalue weighted by Gasteiger charge is -2.22. The van der Waals surface area contributed by atoms with E-state index in [1.807, 2.05) is 79.7 Å². The zero-order chi connectivity index (χ0) is 24.8. The number of nitrogens with zero attached hydrogens (tertiary/aromatic N) is 2. The number of hydrogen-bond acceptors (Lipinski definition) is 4. The van der Waals surface area contributed by atoms with Gasteiger partial charge in [0.2, 0.25) is 11.8 Å². The van der Waals surface area contributed by atoms with Crippen molar-refractivity contribution in [3.05, 3.63) is 95.1 Å². The van der Waals surface area contributed by atoms with Crippen LogP contribution in [0.2, 0.25) is 0 Å². The fourth-order valence-corrected chi connectivity index (χ4v) is 4.37. The van der Waals surface area contributed by atoms with E-state index in [0.717, 1.165) is 45.8 Å². The number of para-hydroxylation sites is 1. The second-order valence-electron chi connectivity index (χ2n) is 8.65. The summed E-state index contributed by atoms with van der Waals surface area (Å²) in [6.07, 6.45) is 1.61. The van der Waals surface area contributed by atoms with Gasteiger partial charge in [-0.2, -0.15) is 5.10 Å². The molecule has 0 spiro atoms. The number of anilines is 1. The molecule has 4 rings (SSSR count). The molecule has 3 aromatic carbocycles. The van der Waals surface area contributed by atoms with Crippen LogP contribution in [0.1, 0.15) is 54.5 Å². The van der Waals surface area contributed by atoms with Gasteiger partial charge in [-0.1, -0.05) is 67.6 Å². The van der Waals surface area contributed by atoms with Crippen LogP contribution in [0.15, 0.2) is 77.9 Å². The Morgan fingerprint density at radius 2 is 1.74 bits per heavy atom. The minimum absolute atomic E-state index is 0.0808. The average molecular weight is 470 g/mol. The molecular formula is C29H31N3O3. The molecule has 0 bridgehead atoms. The Morgan fingerprint density at radius 1 is 1.00 bits per heavy atom. The van der Waals surface area contributed by atoms with Gasteiger partial charge in [0.05, 0.1) is 18.9 Å². The third-order valence-electron chi connectivity index (χ3n) is 6.34. The molecule has 2 amide bonds. The van der Waals surface area contributed by atoms with Crippen molar-refractivity contribution in [2.24, 2.45) is 5.10 Å². The van der Waals surface area contributed by atoms with E-state index in [4.69, 9.17) is 9.84 Å². The Hall–Kier alpha value is -3.93. The number of benzene rings is 3. The Balaban J connectivity index is 1.49. The Kier molecular flexibility index (Phi) is 7.60. The van der Waals surface area contributed by atoms with Crippen molar-refractivity contribution in [3.8, 4) is 5.75 Å². The molecule has 1 atom stereocenters. The van der Waals surface area contributed by atoms with E-state index in [1.54, 1.807) is 12.1 Å². The van der Waals surface area contributed by atoms with Crippen LogP contribution < -0.4 is 10.1 Å². The van der Waals surface area contributed by atoms with Crippen molar-refractivity contribution in [2.75, 3.05) is 12.4 Å². The number of methoxy groups -OCH3 is 1. The van der Waals surface area contributed by atoms with Crippen molar-refractivity contribution in [1.82, 2.24) is 5.01 Å². The van der Waals surface area contributed by atoms with Gasteiger partial charge in [0.15, 0.2) is 0 Å². The van der Waals surface area contributed by atoms with Crippen LogP contribution in [0.3, 0.4) is 0 Å². The summed E-state index contributed by atoms with van der Waals surface area (Å²) in [7, 11) is 1.63. The van der Waals surface area contributed by atoms with Gasteiger partial charge >= 0.3 is 0 Å². The van der Waals surface area contributed by atoms with E-state index in [2.05, 4.69) is 12.2 Å². The Morgan fingerprint density at radius 3 is 2.43 bits per heavy atom. The highest BCUT2D eigenvalue weighted by Crippen LogP contribution is 2.34. The van der Waals surface area contributed by atoms with Crippen molar-refractivity contribution < 1.29 is 14.3 Å². The number of hydrogen-bond donors (Lipinski definition) is 1. The first kappa shape index (κ1) is 24.2. The summed E-state index contributed by atoms with van der Waals surface area (Å²) in [5, 5.41) is 9.25. The van der Waals surface area contributed by atoms with Crippen LogP contribution in [0.5, 0.6) is 5.75 Å². The molecule has 1 aliphatic rings. The van der Waals surface area contributed by atoms with Crippen molar-refractivity contribution in [1.29, 1.82) is 0 Å². The molecule has 35 heavy (non-hydrogen) atoms. The molecule has 1 heterocycles. The first-order valence-electron chi connectivity index (χ1n) is 12.0. The largest absolute Gasteiger partial charge is 0.497 e. The number of nitrogens with one attached hydrogen (secondary N) is 1. The number of amides is 2. The third kappa shape index (κ3) is 5.60. The van der Waals surface area contributed by atoms with E-state index in [0.29, 0.717) is 6.42 Å². The summed E-state index contributed by atoms with van der Waals surface area (Å²) in [5.41, 5.74) is 5.77. The number of aryl methyl sites for hydroxylation is 2. The summed E-state index contributed by atoms with van der Waals surface area (Å²) in [4.78, 5) is 26.0. The predicted octanol–water partition coefficient (Wildman–Crippen LogP) is 5.66. The molecule has 1 N–H and O–H groups in total. The minimum Gasteiger partial charge on any atom is -0.497 e. The smallest absolute Gasteiger partial charge is 0.243 e. The summed E-state index contributed by atoms with van der Waals surface area (Å²) < 4.78 is 5.28. The fourth-order valence-electron chi connectivity index (χ4n) is 4.37. The lowest BCUT2D eigenvalue weighted by molar-refractivity contribution is -0.134. The molecule has 0 aromatic heterocycles. The van der Waals surface area contributed by atoms with Gasteiger partial charge in [0.1, 0.15) is 5.75 Å². The van der Waals surface area contributed by atoms with E-state index in [-0.39, 0.29) is 30.7 Å². The molecule has 0 fully saturated rings. The monoisotopic (exact) mass is 469 g/mol. The highest BCUT2D eigenvalue weighted by molar-refractivity contribution is 6.03. The second-order valence-corrected chi connectivity index (χ2v) is 8.65. The SMILES string of the molecule is CCc1cccc(C)c1NC(=O)CCC(=O)N1N=C(c2ccccc2)CC1c1ccc(OC)cc1. The van der Waals surface area contributed by atoms with Crippen molar-refractivity contribution >= 4 is 23.2 Å². The van der Waals surface area contributed by atoms with Gasteiger partial charge in [-0.25, -0.2) is 5.01 Å². The maximum absolute atomic E-state index is 13.3. The van der Waals surface area contributed by atoms with Crippen LogP contribution in [-0.4, -0.2) is 29.6 Å². The van der Waals surface area contributed by atoms with Gasteiger partial charge < -0.3 is 10.1 Å². The van der Waals surface area contributed by atoms with Crippen LogP contribution >= 0.6 is 0 Å². The standard InChI is InChI=1S/C29H31N3O3/c1-4-21-12-8-9-20(2)29(21)30-27(33)17-18-28(34)32-26(23-13-15-24(35-3)16-14-23)19-25(31-32)22-10-6-5-7-11-22/h5-16,26H,4,17-19H2,1-3H3,(H,30,33). The van der Waals surface area contributed by atoms with Crippen LogP contribution in [0.25, 0.3) is 0 Å². The van der Waals surface area contributed by atoms with Crippen LogP contribution in [0.4, 0.5) is 5.69 Å². The molecule has 0 aliphatic carbocycles. The van der Waals surface area contributed by atoms with E-state index >= 15 is 0 Å². The normalized spacial score (nSPS) is 15.0. The zero-order valence-corrected chi connectivity index (χ0v) is 20.5. The number of carbonyl (C=O) groups excluding carboxylic acids is 2. The molecule has 0 saturated carbocycles. The highest BCUT2D eigenvalue weighted by atomic mass is 16.5. The predicted molar refractivity (Wildman–Crippen MR) is 139 cm³/mol. The summed E-state index contributed by atoms with van der Waals surface area (Å²) in [6.45, 7) is 4.03. The molecule has 6 nitrogen and oxygen atoms in total. The molecule has 1 unspecified atom stereocenters. The van der Waals surface area contributed by atoms with Crippen molar-refractivity contribution in [3.63, 3.8) is 0 Å². The summed E-state index contributed by atoms with van der Waals surface area (Å²) in [6, 6.07) is 23.3. The van der Waals surface area contributed by atoms with E-state index in [9.17, 15) is 9.59 Å². The Bertz CT molecular complexity index is 1220.